The molecule has 0 heterocycles. The van der Waals surface area contributed by atoms with Crippen LogP contribution in [0.5, 0.6) is 11.5 Å². The van der Waals surface area contributed by atoms with Crippen molar-refractivity contribution in [3.8, 4) is 11.5 Å². The number of urea groups is 1. The van der Waals surface area contributed by atoms with E-state index in [0.29, 0.717) is 15.8 Å². The highest BCUT2D eigenvalue weighted by Crippen LogP contribution is 2.31. The number of benzene rings is 1. The highest BCUT2D eigenvalue weighted by Gasteiger charge is 2.06. The summed E-state index contributed by atoms with van der Waals surface area (Å²) >= 11 is 3.23. The van der Waals surface area contributed by atoms with E-state index in [4.69, 9.17) is 10.5 Å². The minimum Gasteiger partial charge on any atom is -0.504 e. The highest BCUT2D eigenvalue weighted by molar-refractivity contribution is 9.10. The fourth-order valence-corrected chi connectivity index (χ4v) is 1.42. The van der Waals surface area contributed by atoms with Crippen molar-refractivity contribution in [2.45, 2.75) is 0 Å². The molecule has 0 atom stereocenters. The topological polar surface area (TPSA) is 96.9 Å². The van der Waals surface area contributed by atoms with Crippen LogP contribution in [-0.4, -0.2) is 24.5 Å². The lowest BCUT2D eigenvalue weighted by Crippen LogP contribution is -2.24. The number of nitrogens with zero attached hydrogens (tertiary/aromatic N) is 1. The van der Waals surface area contributed by atoms with Crippen molar-refractivity contribution in [1.82, 2.24) is 5.43 Å². The van der Waals surface area contributed by atoms with Crippen molar-refractivity contribution in [2.24, 2.45) is 10.8 Å². The van der Waals surface area contributed by atoms with Crippen LogP contribution in [0.3, 0.4) is 0 Å². The lowest BCUT2D eigenvalue weighted by atomic mass is 10.2. The molecule has 0 saturated heterocycles. The van der Waals surface area contributed by atoms with E-state index < -0.39 is 6.03 Å². The number of ether oxygens (including phenoxy) is 1. The minimum atomic E-state index is -0.752. The molecule has 0 unspecified atom stereocenters. The number of carbonyl (C=O) groups is 1. The summed E-state index contributed by atoms with van der Waals surface area (Å²) in [5.74, 6) is 0.318. The Bertz CT molecular complexity index is 434. The first-order valence-electron chi connectivity index (χ1n) is 4.19. The largest absolute Gasteiger partial charge is 0.504 e. The van der Waals surface area contributed by atoms with Gasteiger partial charge >= 0.3 is 6.03 Å². The van der Waals surface area contributed by atoms with Gasteiger partial charge in [0.2, 0.25) is 0 Å². The predicted octanol–water partition coefficient (Wildman–Crippen LogP) is 1.17. The molecule has 0 spiro atoms. The van der Waals surface area contributed by atoms with Crippen LogP contribution in [0.25, 0.3) is 0 Å². The summed E-state index contributed by atoms with van der Waals surface area (Å²) in [5.41, 5.74) is 7.52. The number of aromatic hydroxyl groups is 1. The zero-order valence-electron chi connectivity index (χ0n) is 8.40. The van der Waals surface area contributed by atoms with Crippen LogP contribution in [0.15, 0.2) is 21.7 Å². The number of hydrogen-bond donors (Lipinski definition) is 3. The SMILES string of the molecule is COc1cc(C=NNC(N)=O)c(Br)cc1O. The molecule has 1 aromatic rings. The average molecular weight is 288 g/mol. The van der Waals surface area contributed by atoms with Gasteiger partial charge in [0.05, 0.1) is 13.3 Å². The molecule has 0 bridgehead atoms. The van der Waals surface area contributed by atoms with Crippen LogP contribution in [0.4, 0.5) is 4.79 Å². The number of methoxy groups -OCH3 is 1. The molecule has 16 heavy (non-hydrogen) atoms. The smallest absolute Gasteiger partial charge is 0.332 e. The van der Waals surface area contributed by atoms with Crippen molar-refractivity contribution in [3.05, 3.63) is 22.2 Å². The molecule has 0 aliphatic rings. The van der Waals surface area contributed by atoms with Crippen LogP contribution in [0.2, 0.25) is 0 Å². The molecule has 0 fully saturated rings. The highest BCUT2D eigenvalue weighted by atomic mass is 79.9. The number of carbonyl (C=O) groups excluding carboxylic acids is 1. The second kappa shape index (κ2) is 5.36. The van der Waals surface area contributed by atoms with Crippen LogP contribution in [0, 0.1) is 0 Å². The Hall–Kier alpha value is -1.76. The quantitative estimate of drug-likeness (QED) is 0.575. The second-order valence-corrected chi connectivity index (χ2v) is 3.63. The Morgan fingerprint density at radius 3 is 2.94 bits per heavy atom. The number of phenols is 1. The Morgan fingerprint density at radius 2 is 2.38 bits per heavy atom. The maximum Gasteiger partial charge on any atom is 0.332 e. The summed E-state index contributed by atoms with van der Waals surface area (Å²) in [6.45, 7) is 0. The van der Waals surface area contributed by atoms with E-state index in [2.05, 4.69) is 26.5 Å². The Kier molecular flexibility index (Phi) is 4.12. The maximum atomic E-state index is 10.4. The van der Waals surface area contributed by atoms with Crippen molar-refractivity contribution in [2.75, 3.05) is 7.11 Å². The van der Waals surface area contributed by atoms with Crippen molar-refractivity contribution >= 4 is 28.2 Å². The molecule has 7 heteroatoms. The third-order valence-corrected chi connectivity index (χ3v) is 2.36. The molecule has 0 radical (unpaired) electrons. The fraction of sp³-hybridized carbons (Fsp3) is 0.111. The summed E-state index contributed by atoms with van der Waals surface area (Å²) in [6.07, 6.45) is 1.37. The Balaban J connectivity index is 2.95. The first-order chi connectivity index (χ1) is 7.54. The fourth-order valence-electron chi connectivity index (χ4n) is 0.986. The molecule has 4 N–H and O–H groups in total. The molecule has 0 aliphatic carbocycles. The van der Waals surface area contributed by atoms with E-state index in [-0.39, 0.29) is 5.75 Å². The number of rotatable bonds is 3. The lowest BCUT2D eigenvalue weighted by Gasteiger charge is -2.05. The number of hydrogen-bond acceptors (Lipinski definition) is 4. The van der Waals surface area contributed by atoms with E-state index in [1.165, 1.54) is 19.4 Å². The van der Waals surface area contributed by atoms with Gasteiger partial charge < -0.3 is 15.6 Å². The number of halogens is 1. The molecular weight excluding hydrogens is 278 g/mol. The number of nitrogens with two attached hydrogens (primary N) is 1. The summed E-state index contributed by atoms with van der Waals surface area (Å²) in [5, 5.41) is 13.0. The first kappa shape index (κ1) is 12.3. The summed E-state index contributed by atoms with van der Waals surface area (Å²) in [6, 6.07) is 2.27. The third kappa shape index (κ3) is 3.13. The average Bonchev–Trinajstić information content (AvgIpc) is 2.20. The molecular formula is C9H10BrN3O3. The van der Waals surface area contributed by atoms with Crippen LogP contribution in [0.1, 0.15) is 5.56 Å². The van der Waals surface area contributed by atoms with Crippen molar-refractivity contribution in [1.29, 1.82) is 0 Å². The lowest BCUT2D eigenvalue weighted by molar-refractivity contribution is 0.249. The number of primary amides is 1. The third-order valence-electron chi connectivity index (χ3n) is 1.68. The predicted molar refractivity (Wildman–Crippen MR) is 62.7 cm³/mol. The molecule has 1 aromatic carbocycles. The van der Waals surface area contributed by atoms with Crippen LogP contribution >= 0.6 is 15.9 Å². The van der Waals surface area contributed by atoms with Gasteiger partial charge in [-0.3, -0.25) is 0 Å². The molecule has 2 amide bonds. The minimum absolute atomic E-state index is 0.00869. The van der Waals surface area contributed by atoms with Gasteiger partial charge in [-0.15, -0.1) is 0 Å². The Labute approximate surface area is 100 Å². The molecule has 86 valence electrons. The maximum absolute atomic E-state index is 10.4. The zero-order chi connectivity index (χ0) is 12.1. The summed E-state index contributed by atoms with van der Waals surface area (Å²) in [7, 11) is 1.44. The van der Waals surface area contributed by atoms with Crippen molar-refractivity contribution in [3.63, 3.8) is 0 Å². The van der Waals surface area contributed by atoms with E-state index >= 15 is 0 Å². The number of phenolic OH excluding ortho intramolecular Hbond substituents is 1. The van der Waals surface area contributed by atoms with E-state index in [1.807, 2.05) is 0 Å². The van der Waals surface area contributed by atoms with E-state index in [9.17, 15) is 9.90 Å². The molecule has 0 aliphatic heterocycles. The number of nitrogens with one attached hydrogen (secondary N) is 1. The summed E-state index contributed by atoms with van der Waals surface area (Å²) in [4.78, 5) is 10.4. The van der Waals surface area contributed by atoms with Gasteiger partial charge in [0.15, 0.2) is 11.5 Å². The molecule has 1 rings (SSSR count). The van der Waals surface area contributed by atoms with Gasteiger partial charge in [-0.2, -0.15) is 5.10 Å². The normalized spacial score (nSPS) is 10.4. The molecule has 0 aromatic heterocycles. The van der Waals surface area contributed by atoms with Crippen LogP contribution < -0.4 is 15.9 Å². The second-order valence-electron chi connectivity index (χ2n) is 2.78. The van der Waals surface area contributed by atoms with Gasteiger partial charge in [-0.1, -0.05) is 0 Å². The van der Waals surface area contributed by atoms with Gasteiger partial charge in [-0.05, 0) is 28.1 Å². The zero-order valence-corrected chi connectivity index (χ0v) is 9.98. The van der Waals surface area contributed by atoms with Crippen LogP contribution in [-0.2, 0) is 0 Å². The number of hydrazone groups is 1. The van der Waals surface area contributed by atoms with Crippen molar-refractivity contribution < 1.29 is 14.6 Å². The Morgan fingerprint density at radius 1 is 1.69 bits per heavy atom. The van der Waals surface area contributed by atoms with Gasteiger partial charge in [0.25, 0.3) is 0 Å². The van der Waals surface area contributed by atoms with E-state index in [1.54, 1.807) is 6.07 Å². The summed E-state index contributed by atoms with van der Waals surface area (Å²) < 4.78 is 5.54. The molecule has 0 saturated carbocycles. The first-order valence-corrected chi connectivity index (χ1v) is 4.99. The van der Waals surface area contributed by atoms with Gasteiger partial charge in [-0.25, -0.2) is 10.2 Å². The monoisotopic (exact) mass is 287 g/mol. The standard InChI is InChI=1S/C9H10BrN3O3/c1-16-8-2-5(4-12-13-9(11)15)6(10)3-7(8)14/h2-4,14H,1H3,(H3,11,13,15). The van der Waals surface area contributed by atoms with Gasteiger partial charge in [0.1, 0.15) is 0 Å². The van der Waals surface area contributed by atoms with E-state index in [0.717, 1.165) is 0 Å². The number of amides is 2. The molecule has 6 nitrogen and oxygen atoms in total. The van der Waals surface area contributed by atoms with Gasteiger partial charge in [0, 0.05) is 10.0 Å².